The van der Waals surface area contributed by atoms with Crippen molar-refractivity contribution in [3.05, 3.63) is 151 Å². The number of allylic oxidation sites excluding steroid dienone is 2. The van der Waals surface area contributed by atoms with Crippen molar-refractivity contribution in [1.29, 1.82) is 0 Å². The molecule has 4 aromatic heterocycles. The number of aromatic nitrogens is 2. The molecule has 222 valence electrons. The molecule has 0 unspecified atom stereocenters. The van der Waals surface area contributed by atoms with Gasteiger partial charge in [0.15, 0.2) is 0 Å². The quantitative estimate of drug-likeness (QED) is 0.187. The zero-order chi connectivity index (χ0) is 31.2. The summed E-state index contributed by atoms with van der Waals surface area (Å²) in [5, 5.41) is 7.89. The summed E-state index contributed by atoms with van der Waals surface area (Å²) in [6, 6.07) is 44.6. The second-order valence-corrected chi connectivity index (χ2v) is 12.2. The lowest BCUT2D eigenvalue weighted by atomic mass is 10.1. The van der Waals surface area contributed by atoms with E-state index in [0.717, 1.165) is 93.8 Å². The zero-order valence-corrected chi connectivity index (χ0v) is 25.7. The molecule has 0 bridgehead atoms. The minimum absolute atomic E-state index is 0.879. The van der Waals surface area contributed by atoms with Gasteiger partial charge in [-0.05, 0) is 73.7 Å². The van der Waals surface area contributed by atoms with Crippen LogP contribution in [-0.4, -0.2) is 9.13 Å². The maximum absolute atomic E-state index is 6.39. The topological polar surface area (TPSA) is 36.1 Å². The van der Waals surface area contributed by atoms with Crippen molar-refractivity contribution in [3.8, 4) is 5.69 Å². The van der Waals surface area contributed by atoms with E-state index in [4.69, 9.17) is 8.83 Å². The molecule has 4 nitrogen and oxygen atoms in total. The molecule has 0 spiro atoms. The molecule has 47 heavy (non-hydrogen) atoms. The highest BCUT2D eigenvalue weighted by Gasteiger charge is 2.20. The Bertz CT molecular complexity index is 2930. The average molecular weight is 605 g/mol. The van der Waals surface area contributed by atoms with E-state index in [-0.39, 0.29) is 0 Å². The van der Waals surface area contributed by atoms with E-state index in [1.807, 2.05) is 30.3 Å². The van der Waals surface area contributed by atoms with Gasteiger partial charge in [-0.2, -0.15) is 0 Å². The Hall–Kier alpha value is -6.26. The molecule has 10 aromatic rings. The Morgan fingerprint density at radius 3 is 1.79 bits per heavy atom. The Kier molecular flexibility index (Phi) is 5.32. The van der Waals surface area contributed by atoms with Crippen LogP contribution in [0.4, 0.5) is 0 Å². The van der Waals surface area contributed by atoms with E-state index in [1.165, 1.54) is 5.39 Å². The van der Waals surface area contributed by atoms with E-state index in [1.54, 1.807) is 0 Å². The summed E-state index contributed by atoms with van der Waals surface area (Å²) in [6.45, 7) is 6.55. The van der Waals surface area contributed by atoms with Crippen LogP contribution in [0.2, 0.25) is 0 Å². The van der Waals surface area contributed by atoms with Gasteiger partial charge < -0.3 is 18.0 Å². The summed E-state index contributed by atoms with van der Waals surface area (Å²) in [5.74, 6) is 0. The number of nitrogens with zero attached hydrogens (tertiary/aromatic N) is 2. The molecule has 4 heteroatoms. The van der Waals surface area contributed by atoms with Crippen molar-refractivity contribution >= 4 is 88.4 Å². The van der Waals surface area contributed by atoms with Crippen molar-refractivity contribution in [2.45, 2.75) is 6.92 Å². The van der Waals surface area contributed by atoms with Crippen LogP contribution in [-0.2, 0) is 0 Å². The minimum Gasteiger partial charge on any atom is -0.456 e. The highest BCUT2D eigenvalue weighted by Crippen LogP contribution is 2.41. The van der Waals surface area contributed by atoms with Crippen molar-refractivity contribution in [1.82, 2.24) is 9.13 Å². The first kappa shape index (κ1) is 26.0. The third kappa shape index (κ3) is 3.64. The van der Waals surface area contributed by atoms with E-state index < -0.39 is 0 Å². The molecule has 0 aliphatic carbocycles. The number of hydrogen-bond acceptors (Lipinski definition) is 2. The van der Waals surface area contributed by atoms with Crippen LogP contribution >= 0.6 is 0 Å². The zero-order valence-electron chi connectivity index (χ0n) is 25.7. The smallest absolute Gasteiger partial charge is 0.136 e. The van der Waals surface area contributed by atoms with E-state index in [9.17, 15) is 0 Å². The van der Waals surface area contributed by atoms with Crippen molar-refractivity contribution in [3.63, 3.8) is 0 Å². The Morgan fingerprint density at radius 1 is 0.532 bits per heavy atom. The van der Waals surface area contributed by atoms with Crippen LogP contribution in [0, 0.1) is 6.92 Å². The molecule has 0 atom stereocenters. The predicted octanol–water partition coefficient (Wildman–Crippen LogP) is 12.0. The third-order valence-electron chi connectivity index (χ3n) is 9.70. The summed E-state index contributed by atoms with van der Waals surface area (Å²) in [6.07, 6.45) is 4.25. The Morgan fingerprint density at radius 2 is 1.11 bits per heavy atom. The highest BCUT2D eigenvalue weighted by atomic mass is 16.3. The van der Waals surface area contributed by atoms with Gasteiger partial charge in [-0.3, -0.25) is 0 Å². The number of rotatable bonds is 4. The second kappa shape index (κ2) is 9.62. The molecule has 0 radical (unpaired) electrons. The summed E-state index contributed by atoms with van der Waals surface area (Å²) < 4.78 is 17.4. The fourth-order valence-corrected chi connectivity index (χ4v) is 7.58. The largest absolute Gasteiger partial charge is 0.456 e. The summed E-state index contributed by atoms with van der Waals surface area (Å²) in [5.41, 5.74) is 11.3. The van der Waals surface area contributed by atoms with Gasteiger partial charge in [0, 0.05) is 60.3 Å². The maximum atomic E-state index is 6.39. The molecule has 10 rings (SSSR count). The molecule has 0 saturated carbocycles. The number of furan rings is 2. The van der Waals surface area contributed by atoms with Crippen LogP contribution in [0.1, 0.15) is 11.3 Å². The van der Waals surface area contributed by atoms with Gasteiger partial charge >= 0.3 is 0 Å². The molecule has 6 aromatic carbocycles. The molecular weight excluding hydrogens is 576 g/mol. The highest BCUT2D eigenvalue weighted by molar-refractivity contribution is 6.18. The fraction of sp³-hybridized carbons (Fsp3) is 0.0233. The molecule has 0 amide bonds. The van der Waals surface area contributed by atoms with E-state index in [2.05, 4.69) is 132 Å². The molecule has 0 aliphatic rings. The Labute approximate surface area is 269 Å². The van der Waals surface area contributed by atoms with Crippen LogP contribution in [0.3, 0.4) is 0 Å². The van der Waals surface area contributed by atoms with Crippen molar-refractivity contribution in [2.75, 3.05) is 0 Å². The number of fused-ring (bicyclic) bond motifs is 10. The number of hydrogen-bond donors (Lipinski definition) is 0. The standard InChI is InChI=1S/C43H28N2O2/c1-3-27(45-37-18-10-7-15-29(37)33-24-42-36(23-39(33)45)31-17-9-12-20-41(31)46-42)21-32-26(2)44(28-13-5-4-6-14-28)38-22-35-30-16-8-11-19-40(30)47-43(35)25-34(32)38/h3-25H,1H2,2H3/b27-21+. The van der Waals surface area contributed by atoms with Crippen LogP contribution < -0.4 is 0 Å². The molecular formula is C43H28N2O2. The Balaban J connectivity index is 1.30. The van der Waals surface area contributed by atoms with Crippen LogP contribution in [0.25, 0.3) is 94.0 Å². The van der Waals surface area contributed by atoms with E-state index >= 15 is 0 Å². The predicted molar refractivity (Wildman–Crippen MR) is 196 cm³/mol. The number of benzene rings is 6. The molecule has 0 N–H and O–H groups in total. The van der Waals surface area contributed by atoms with Gasteiger partial charge in [-0.1, -0.05) is 79.4 Å². The van der Waals surface area contributed by atoms with Gasteiger partial charge in [0.05, 0.1) is 16.6 Å². The van der Waals surface area contributed by atoms with E-state index in [0.29, 0.717) is 0 Å². The minimum atomic E-state index is 0.879. The lowest BCUT2D eigenvalue weighted by molar-refractivity contribution is 0.669. The van der Waals surface area contributed by atoms with Crippen molar-refractivity contribution < 1.29 is 8.83 Å². The molecule has 0 saturated heterocycles. The normalized spacial score (nSPS) is 12.6. The van der Waals surface area contributed by atoms with Gasteiger partial charge in [0.1, 0.15) is 22.3 Å². The van der Waals surface area contributed by atoms with Crippen LogP contribution in [0.15, 0.2) is 149 Å². The first-order valence-corrected chi connectivity index (χ1v) is 15.9. The fourth-order valence-electron chi connectivity index (χ4n) is 7.58. The summed E-state index contributed by atoms with van der Waals surface area (Å²) in [4.78, 5) is 0. The van der Waals surface area contributed by atoms with Crippen molar-refractivity contribution in [2.24, 2.45) is 0 Å². The molecule has 0 aliphatic heterocycles. The average Bonchev–Trinajstić information content (AvgIpc) is 3.83. The summed E-state index contributed by atoms with van der Waals surface area (Å²) in [7, 11) is 0. The van der Waals surface area contributed by atoms with Gasteiger partial charge in [-0.15, -0.1) is 0 Å². The second-order valence-electron chi connectivity index (χ2n) is 12.2. The maximum Gasteiger partial charge on any atom is 0.136 e. The third-order valence-corrected chi connectivity index (χ3v) is 9.70. The summed E-state index contributed by atoms with van der Waals surface area (Å²) >= 11 is 0. The van der Waals surface area contributed by atoms with Crippen LogP contribution in [0.5, 0.6) is 0 Å². The SMILES string of the molecule is C=C/C(=C\c1c(C)n(-c2ccccc2)c2cc3c(cc12)oc1ccccc13)n1c2ccccc2c2cc3oc4ccccc4c3cc21. The first-order valence-electron chi connectivity index (χ1n) is 15.9. The van der Waals surface area contributed by atoms with Gasteiger partial charge in [-0.25, -0.2) is 0 Å². The van der Waals surface area contributed by atoms with Gasteiger partial charge in [0.25, 0.3) is 0 Å². The molecule has 4 heterocycles. The number of para-hydroxylation sites is 4. The molecule has 0 fully saturated rings. The van der Waals surface area contributed by atoms with Gasteiger partial charge in [0.2, 0.25) is 0 Å². The first-order chi connectivity index (χ1) is 23.2. The lowest BCUT2D eigenvalue weighted by Crippen LogP contribution is -1.97. The lowest BCUT2D eigenvalue weighted by Gasteiger charge is -2.10. The monoisotopic (exact) mass is 604 g/mol.